The maximum atomic E-state index is 5.65. The summed E-state index contributed by atoms with van der Waals surface area (Å²) in [5, 5.41) is 3.39. The number of hydrogen-bond donors (Lipinski definition) is 2. The maximum Gasteiger partial charge on any atom is 0.194 e. The molecule has 4 rings (SSSR count). The van der Waals surface area contributed by atoms with Crippen molar-refractivity contribution in [3.63, 3.8) is 0 Å². The van der Waals surface area contributed by atoms with E-state index in [4.69, 9.17) is 9.73 Å². The summed E-state index contributed by atoms with van der Waals surface area (Å²) in [7, 11) is 2.03. The third-order valence-corrected chi connectivity index (χ3v) is 5.58. The molecule has 2 aromatic heterocycles. The van der Waals surface area contributed by atoms with Crippen LogP contribution in [0.2, 0.25) is 0 Å². The molecule has 8 heteroatoms. The Morgan fingerprint density at radius 1 is 1.27 bits per heavy atom. The predicted octanol–water partition coefficient (Wildman–Crippen LogP) is 3.29. The average Bonchev–Trinajstić information content (AvgIpc) is 3.31. The van der Waals surface area contributed by atoms with Crippen LogP contribution in [0.5, 0.6) is 0 Å². The Kier molecular flexibility index (Phi) is 7.57. The van der Waals surface area contributed by atoms with Crippen molar-refractivity contribution in [3.8, 4) is 11.3 Å². The first kappa shape index (κ1) is 22.8. The highest BCUT2D eigenvalue weighted by Gasteiger charge is 2.18. The van der Waals surface area contributed by atoms with Crippen LogP contribution in [0.15, 0.2) is 59.9 Å². The third-order valence-electron chi connectivity index (χ3n) is 5.58. The van der Waals surface area contributed by atoms with Gasteiger partial charge < -0.3 is 24.8 Å². The second-order valence-corrected chi connectivity index (χ2v) is 8.29. The lowest BCUT2D eigenvalue weighted by Gasteiger charge is -2.32. The van der Waals surface area contributed by atoms with Gasteiger partial charge in [0.15, 0.2) is 5.96 Å². The van der Waals surface area contributed by atoms with Crippen molar-refractivity contribution in [2.45, 2.75) is 33.0 Å². The van der Waals surface area contributed by atoms with Gasteiger partial charge in [0.05, 0.1) is 37.7 Å². The highest BCUT2D eigenvalue weighted by atomic mass is 16.5. The molecular formula is C25H33N7O. The molecular weight excluding hydrogens is 414 g/mol. The molecule has 0 saturated carbocycles. The maximum absolute atomic E-state index is 5.65. The number of guanidine groups is 1. The number of pyridine rings is 1. The van der Waals surface area contributed by atoms with Gasteiger partial charge in [-0.3, -0.25) is 0 Å². The number of nitrogens with zero attached hydrogens (tertiary/aromatic N) is 5. The molecule has 3 aromatic rings. The van der Waals surface area contributed by atoms with Gasteiger partial charge >= 0.3 is 0 Å². The summed E-state index contributed by atoms with van der Waals surface area (Å²) < 4.78 is 5.65. The number of H-pyrrole nitrogens is 1. The number of morpholine rings is 1. The van der Waals surface area contributed by atoms with E-state index < -0.39 is 0 Å². The van der Waals surface area contributed by atoms with Gasteiger partial charge in [-0.15, -0.1) is 0 Å². The molecule has 0 aliphatic carbocycles. The van der Waals surface area contributed by atoms with Crippen LogP contribution >= 0.6 is 0 Å². The second kappa shape index (κ2) is 11.0. The highest BCUT2D eigenvalue weighted by Crippen LogP contribution is 2.18. The summed E-state index contributed by atoms with van der Waals surface area (Å²) in [6, 6.07) is 14.4. The van der Waals surface area contributed by atoms with Gasteiger partial charge in [0.2, 0.25) is 0 Å². The molecule has 0 bridgehead atoms. The van der Waals surface area contributed by atoms with Crippen LogP contribution in [0.25, 0.3) is 11.3 Å². The lowest BCUT2D eigenvalue weighted by atomic mass is 10.2. The van der Waals surface area contributed by atoms with E-state index in [0.717, 1.165) is 60.7 Å². The molecule has 2 N–H and O–H groups in total. The van der Waals surface area contributed by atoms with Crippen LogP contribution in [-0.4, -0.2) is 65.2 Å². The number of aliphatic imine (C=N–C) groups is 1. The number of ether oxygens (including phenoxy) is 1. The Hall–Kier alpha value is -3.39. The van der Waals surface area contributed by atoms with Crippen molar-refractivity contribution in [3.05, 3.63) is 66.2 Å². The molecule has 174 valence electrons. The SMILES string of the molecule is CCNC(=NCc1ccnc(N2CCOC(C)C2)c1)N(C)Cc1ncc(-c2ccccc2)[nH]1. The number of hydrogen-bond acceptors (Lipinski definition) is 5. The second-order valence-electron chi connectivity index (χ2n) is 8.29. The van der Waals surface area contributed by atoms with Gasteiger partial charge in [-0.1, -0.05) is 30.3 Å². The molecule has 33 heavy (non-hydrogen) atoms. The number of aromatic amines is 1. The van der Waals surface area contributed by atoms with Crippen molar-refractivity contribution >= 4 is 11.8 Å². The van der Waals surface area contributed by atoms with Gasteiger partial charge in [-0.2, -0.15) is 0 Å². The minimum Gasteiger partial charge on any atom is -0.375 e. The van der Waals surface area contributed by atoms with Crippen LogP contribution < -0.4 is 10.2 Å². The quantitative estimate of drug-likeness (QED) is 0.427. The molecule has 1 fully saturated rings. The van der Waals surface area contributed by atoms with Gasteiger partial charge in [-0.25, -0.2) is 15.0 Å². The van der Waals surface area contributed by atoms with Crippen molar-refractivity contribution < 1.29 is 4.74 Å². The van der Waals surface area contributed by atoms with E-state index in [1.54, 1.807) is 0 Å². The Morgan fingerprint density at radius 2 is 2.12 bits per heavy atom. The highest BCUT2D eigenvalue weighted by molar-refractivity contribution is 5.79. The number of imidazole rings is 1. The average molecular weight is 448 g/mol. The lowest BCUT2D eigenvalue weighted by Crippen LogP contribution is -2.41. The van der Waals surface area contributed by atoms with Crippen LogP contribution in [-0.2, 0) is 17.8 Å². The normalized spacial score (nSPS) is 16.6. The number of nitrogens with one attached hydrogen (secondary N) is 2. The van der Waals surface area contributed by atoms with E-state index in [2.05, 4.69) is 62.1 Å². The Labute approximate surface area is 195 Å². The molecule has 1 aliphatic heterocycles. The molecule has 0 spiro atoms. The number of benzene rings is 1. The molecule has 1 saturated heterocycles. The van der Waals surface area contributed by atoms with E-state index >= 15 is 0 Å². The first-order valence-corrected chi connectivity index (χ1v) is 11.5. The Bertz CT molecular complexity index is 1050. The smallest absolute Gasteiger partial charge is 0.194 e. The third kappa shape index (κ3) is 6.10. The zero-order valence-electron chi connectivity index (χ0n) is 19.7. The van der Waals surface area contributed by atoms with E-state index in [1.807, 2.05) is 43.7 Å². The van der Waals surface area contributed by atoms with Crippen LogP contribution in [0.3, 0.4) is 0 Å². The van der Waals surface area contributed by atoms with E-state index in [0.29, 0.717) is 13.1 Å². The van der Waals surface area contributed by atoms with Gasteiger partial charge in [0.1, 0.15) is 11.6 Å². The van der Waals surface area contributed by atoms with Crippen LogP contribution in [0, 0.1) is 0 Å². The minimum absolute atomic E-state index is 0.222. The fraction of sp³-hybridized carbons (Fsp3) is 0.400. The first-order chi connectivity index (χ1) is 16.1. The summed E-state index contributed by atoms with van der Waals surface area (Å²) in [6.45, 7) is 8.64. The monoisotopic (exact) mass is 447 g/mol. The number of anilines is 1. The van der Waals surface area contributed by atoms with E-state index in [1.165, 1.54) is 0 Å². The van der Waals surface area contributed by atoms with Gasteiger partial charge in [0, 0.05) is 32.9 Å². The van der Waals surface area contributed by atoms with Crippen LogP contribution in [0.1, 0.15) is 25.2 Å². The fourth-order valence-electron chi connectivity index (χ4n) is 3.90. The number of rotatable bonds is 7. The molecule has 0 amide bonds. The molecule has 8 nitrogen and oxygen atoms in total. The molecule has 3 heterocycles. The Balaban J connectivity index is 1.42. The first-order valence-electron chi connectivity index (χ1n) is 11.5. The summed E-state index contributed by atoms with van der Waals surface area (Å²) in [5.41, 5.74) is 3.28. The largest absolute Gasteiger partial charge is 0.375 e. The Morgan fingerprint density at radius 3 is 2.91 bits per heavy atom. The molecule has 1 aromatic carbocycles. The van der Waals surface area contributed by atoms with E-state index in [-0.39, 0.29) is 6.10 Å². The molecule has 1 unspecified atom stereocenters. The summed E-state index contributed by atoms with van der Waals surface area (Å²) in [4.78, 5) is 21.8. The van der Waals surface area contributed by atoms with Crippen molar-refractivity contribution in [1.29, 1.82) is 0 Å². The summed E-state index contributed by atoms with van der Waals surface area (Å²) in [5.74, 6) is 2.73. The molecule has 1 atom stereocenters. The van der Waals surface area contributed by atoms with Gasteiger partial charge in [-0.05, 0) is 37.1 Å². The summed E-state index contributed by atoms with van der Waals surface area (Å²) in [6.07, 6.45) is 3.97. The predicted molar refractivity (Wildman–Crippen MR) is 132 cm³/mol. The molecule has 1 aliphatic rings. The van der Waals surface area contributed by atoms with E-state index in [9.17, 15) is 0 Å². The van der Waals surface area contributed by atoms with Crippen molar-refractivity contribution in [2.75, 3.05) is 38.2 Å². The topological polar surface area (TPSA) is 81.7 Å². The summed E-state index contributed by atoms with van der Waals surface area (Å²) >= 11 is 0. The zero-order valence-corrected chi connectivity index (χ0v) is 19.7. The molecule has 0 radical (unpaired) electrons. The van der Waals surface area contributed by atoms with Crippen molar-refractivity contribution in [1.82, 2.24) is 25.2 Å². The lowest BCUT2D eigenvalue weighted by molar-refractivity contribution is 0.0529. The standard InChI is InChI=1S/C25H33N7O/c1-4-26-25(31(3)18-23-28-16-22(30-23)21-8-6-5-7-9-21)29-15-20-10-11-27-24(14-20)32-12-13-33-19(2)17-32/h5-11,14,16,19H,4,12-13,15,17-18H2,1-3H3,(H,26,29)(H,28,30). The van der Waals surface area contributed by atoms with Crippen molar-refractivity contribution in [2.24, 2.45) is 4.99 Å². The number of aromatic nitrogens is 3. The van der Waals surface area contributed by atoms with Gasteiger partial charge in [0.25, 0.3) is 0 Å². The zero-order chi connectivity index (χ0) is 23.0. The fourth-order valence-corrected chi connectivity index (χ4v) is 3.90. The van der Waals surface area contributed by atoms with Crippen LogP contribution in [0.4, 0.5) is 5.82 Å². The minimum atomic E-state index is 0.222.